The van der Waals surface area contributed by atoms with Crippen LogP contribution in [0.3, 0.4) is 0 Å². The SMILES string of the molecule is CC(=O)OC1CN2CC3CC4C5CC(C)CC42C3(C1)C(O)C5. The Kier molecular flexibility index (Phi) is 2.55. The Morgan fingerprint density at radius 1 is 1.23 bits per heavy atom. The Balaban J connectivity index is 1.61. The molecule has 3 saturated carbocycles. The first-order valence-electron chi connectivity index (χ1n) is 9.07. The van der Waals surface area contributed by atoms with Crippen molar-refractivity contribution in [1.82, 2.24) is 4.90 Å². The zero-order valence-corrected chi connectivity index (χ0v) is 13.6. The van der Waals surface area contributed by atoms with Crippen LogP contribution in [0.5, 0.6) is 0 Å². The van der Waals surface area contributed by atoms with E-state index in [1.165, 1.54) is 26.2 Å². The molecule has 4 heteroatoms. The monoisotopic (exact) mass is 305 g/mol. The van der Waals surface area contributed by atoms with Gasteiger partial charge in [0.05, 0.1) is 6.10 Å². The molecule has 0 aromatic carbocycles. The summed E-state index contributed by atoms with van der Waals surface area (Å²) in [5.41, 5.74) is 0.218. The summed E-state index contributed by atoms with van der Waals surface area (Å²) in [6.07, 6.45) is 5.51. The van der Waals surface area contributed by atoms with Gasteiger partial charge in [-0.05, 0) is 55.8 Å². The number of piperidine rings is 2. The topological polar surface area (TPSA) is 49.8 Å². The smallest absolute Gasteiger partial charge is 0.302 e. The van der Waals surface area contributed by atoms with Crippen LogP contribution in [0.25, 0.3) is 0 Å². The van der Waals surface area contributed by atoms with E-state index < -0.39 is 0 Å². The van der Waals surface area contributed by atoms with Crippen molar-refractivity contribution in [2.24, 2.45) is 29.1 Å². The molecule has 3 aliphatic carbocycles. The van der Waals surface area contributed by atoms with E-state index in [1.54, 1.807) is 0 Å². The molecule has 4 nitrogen and oxygen atoms in total. The molecule has 6 bridgehead atoms. The third-order valence-electron chi connectivity index (χ3n) is 8.07. The molecule has 0 amide bonds. The molecule has 2 aliphatic heterocycles. The van der Waals surface area contributed by atoms with Crippen molar-refractivity contribution < 1.29 is 14.6 Å². The first-order chi connectivity index (χ1) is 10.5. The van der Waals surface area contributed by atoms with Crippen molar-refractivity contribution in [2.75, 3.05) is 13.1 Å². The van der Waals surface area contributed by atoms with E-state index in [0.29, 0.717) is 11.8 Å². The van der Waals surface area contributed by atoms with Gasteiger partial charge in [-0.3, -0.25) is 9.69 Å². The van der Waals surface area contributed by atoms with Crippen molar-refractivity contribution in [3.63, 3.8) is 0 Å². The van der Waals surface area contributed by atoms with E-state index in [0.717, 1.165) is 37.8 Å². The van der Waals surface area contributed by atoms with Crippen LogP contribution in [0, 0.1) is 29.1 Å². The molecule has 9 atom stereocenters. The summed E-state index contributed by atoms with van der Waals surface area (Å²) in [5.74, 6) is 2.70. The first kappa shape index (κ1) is 13.8. The summed E-state index contributed by atoms with van der Waals surface area (Å²) in [6.45, 7) is 5.91. The number of carbonyl (C=O) groups excluding carboxylic acids is 1. The number of esters is 1. The van der Waals surface area contributed by atoms with Crippen molar-refractivity contribution in [1.29, 1.82) is 0 Å². The van der Waals surface area contributed by atoms with Crippen molar-refractivity contribution in [2.45, 2.75) is 63.7 Å². The quantitative estimate of drug-likeness (QED) is 0.751. The molecule has 1 spiro atoms. The highest BCUT2D eigenvalue weighted by Gasteiger charge is 2.80. The molecular formula is C18H27NO3. The lowest BCUT2D eigenvalue weighted by molar-refractivity contribution is -0.203. The average Bonchev–Trinajstić information content (AvgIpc) is 2.70. The first-order valence-corrected chi connectivity index (χ1v) is 9.07. The zero-order valence-electron chi connectivity index (χ0n) is 13.6. The van der Waals surface area contributed by atoms with Crippen LogP contribution in [0.1, 0.15) is 46.0 Å². The van der Waals surface area contributed by atoms with Gasteiger partial charge in [-0.25, -0.2) is 0 Å². The second kappa shape index (κ2) is 4.07. The number of carbonyl (C=O) groups is 1. The van der Waals surface area contributed by atoms with Gasteiger partial charge in [0.2, 0.25) is 0 Å². The number of rotatable bonds is 1. The molecule has 122 valence electrons. The van der Waals surface area contributed by atoms with Gasteiger partial charge in [-0.15, -0.1) is 0 Å². The summed E-state index contributed by atoms with van der Waals surface area (Å²) in [6, 6.07) is 0. The molecule has 5 rings (SSSR count). The van der Waals surface area contributed by atoms with Gasteiger partial charge in [0, 0.05) is 31.0 Å². The number of aliphatic hydroxyl groups excluding tert-OH is 1. The van der Waals surface area contributed by atoms with Crippen LogP contribution in [-0.2, 0) is 9.53 Å². The Labute approximate surface area is 132 Å². The van der Waals surface area contributed by atoms with Crippen LogP contribution in [0.2, 0.25) is 0 Å². The largest absolute Gasteiger partial charge is 0.461 e. The second-order valence-electron chi connectivity index (χ2n) is 8.90. The Bertz CT molecular complexity index is 536. The van der Waals surface area contributed by atoms with Gasteiger partial charge in [-0.2, -0.15) is 0 Å². The molecule has 5 aliphatic rings. The molecule has 0 aromatic rings. The van der Waals surface area contributed by atoms with Gasteiger partial charge < -0.3 is 9.84 Å². The third-order valence-corrected chi connectivity index (χ3v) is 8.07. The van der Waals surface area contributed by atoms with Crippen LogP contribution in [-0.4, -0.2) is 46.8 Å². The normalized spacial score (nSPS) is 61.1. The number of aliphatic hydroxyl groups is 1. The van der Waals surface area contributed by atoms with Gasteiger partial charge in [0.1, 0.15) is 6.10 Å². The fourth-order valence-corrected chi connectivity index (χ4v) is 7.99. The molecule has 9 unspecified atom stereocenters. The number of nitrogens with zero attached hydrogens (tertiary/aromatic N) is 1. The maximum absolute atomic E-state index is 11.4. The van der Waals surface area contributed by atoms with E-state index in [2.05, 4.69) is 11.8 Å². The highest BCUT2D eigenvalue weighted by molar-refractivity contribution is 5.66. The minimum absolute atomic E-state index is 0.00120. The van der Waals surface area contributed by atoms with E-state index >= 15 is 0 Å². The zero-order chi connectivity index (χ0) is 15.3. The van der Waals surface area contributed by atoms with E-state index in [1.807, 2.05) is 0 Å². The third kappa shape index (κ3) is 1.32. The standard InChI is InChI=1S/C18H27NO3/c1-10-3-12-4-16(21)17-7-14(22-11(2)20)9-19-8-13(17)5-15(12)18(17,19)6-10/h10,12-16,21H,3-9H2,1-2H3. The second-order valence-corrected chi connectivity index (χ2v) is 8.90. The predicted octanol–water partition coefficient (Wildman–Crippen LogP) is 1.81. The van der Waals surface area contributed by atoms with Crippen molar-refractivity contribution in [3.8, 4) is 0 Å². The molecule has 0 radical (unpaired) electrons. The number of hydrogen-bond donors (Lipinski definition) is 1. The average molecular weight is 305 g/mol. The summed E-state index contributed by atoms with van der Waals surface area (Å²) < 4.78 is 5.60. The number of hydrogen-bond acceptors (Lipinski definition) is 4. The van der Waals surface area contributed by atoms with Crippen LogP contribution < -0.4 is 0 Å². The highest BCUT2D eigenvalue weighted by Crippen LogP contribution is 2.76. The maximum atomic E-state index is 11.4. The minimum Gasteiger partial charge on any atom is -0.461 e. The lowest BCUT2D eigenvalue weighted by Crippen LogP contribution is -2.71. The fraction of sp³-hybridized carbons (Fsp3) is 0.944. The summed E-state index contributed by atoms with van der Waals surface area (Å²) in [4.78, 5) is 14.1. The van der Waals surface area contributed by atoms with E-state index in [4.69, 9.17) is 4.74 Å². The van der Waals surface area contributed by atoms with Gasteiger partial charge in [0.15, 0.2) is 0 Å². The summed E-state index contributed by atoms with van der Waals surface area (Å²) in [5, 5.41) is 11.2. The molecule has 2 saturated heterocycles. The minimum atomic E-state index is -0.197. The van der Waals surface area contributed by atoms with Gasteiger partial charge in [0.25, 0.3) is 0 Å². The van der Waals surface area contributed by atoms with Crippen molar-refractivity contribution >= 4 is 5.97 Å². The van der Waals surface area contributed by atoms with Crippen molar-refractivity contribution in [3.05, 3.63) is 0 Å². The number of ether oxygens (including phenoxy) is 1. The predicted molar refractivity (Wildman–Crippen MR) is 81.0 cm³/mol. The van der Waals surface area contributed by atoms with Crippen LogP contribution in [0.4, 0.5) is 0 Å². The van der Waals surface area contributed by atoms with E-state index in [9.17, 15) is 9.90 Å². The molecule has 2 heterocycles. The fourth-order valence-electron chi connectivity index (χ4n) is 7.99. The molecule has 5 fully saturated rings. The van der Waals surface area contributed by atoms with Gasteiger partial charge in [-0.1, -0.05) is 6.92 Å². The van der Waals surface area contributed by atoms with Gasteiger partial charge >= 0.3 is 5.97 Å². The maximum Gasteiger partial charge on any atom is 0.302 e. The lowest BCUT2D eigenvalue weighted by Gasteiger charge is -2.65. The Hall–Kier alpha value is -0.610. The van der Waals surface area contributed by atoms with E-state index in [-0.39, 0.29) is 29.1 Å². The lowest BCUT2D eigenvalue weighted by atomic mass is 9.48. The molecule has 1 N–H and O–H groups in total. The van der Waals surface area contributed by atoms with Crippen LogP contribution in [0.15, 0.2) is 0 Å². The van der Waals surface area contributed by atoms with Crippen LogP contribution >= 0.6 is 0 Å². The summed E-state index contributed by atoms with van der Waals surface area (Å²) >= 11 is 0. The highest BCUT2D eigenvalue weighted by atomic mass is 16.5. The molecular weight excluding hydrogens is 278 g/mol. The Morgan fingerprint density at radius 2 is 2.05 bits per heavy atom. The molecule has 22 heavy (non-hydrogen) atoms. The molecule has 0 aromatic heterocycles. The Morgan fingerprint density at radius 3 is 2.82 bits per heavy atom. The summed E-state index contributed by atoms with van der Waals surface area (Å²) in [7, 11) is 0.